The first-order valence-electron chi connectivity index (χ1n) is 28.2. The van der Waals surface area contributed by atoms with Crippen molar-refractivity contribution in [2.45, 2.75) is 86.6 Å². The molecule has 0 bridgehead atoms. The van der Waals surface area contributed by atoms with Crippen LogP contribution in [0.3, 0.4) is 0 Å². The van der Waals surface area contributed by atoms with Crippen molar-refractivity contribution in [3.63, 3.8) is 0 Å². The molecule has 0 aliphatic carbocycles. The second-order valence-electron chi connectivity index (χ2n) is 18.1. The largest absolute Gasteiger partial charge is 0.500 e. The molecule has 3 heterocycles. The third kappa shape index (κ3) is 9.48. The van der Waals surface area contributed by atoms with Gasteiger partial charge in [0.05, 0.1) is 13.7 Å². The molecule has 0 saturated heterocycles. The Morgan fingerprint density at radius 3 is 2.06 bits per heavy atom. The molecule has 339 valence electrons. The number of fused-ring (bicyclic) bond motifs is 7. The molecular formula is C62H60IrN2OSi-2. The van der Waals surface area contributed by atoms with Crippen LogP contribution in [0.4, 0.5) is 0 Å². The van der Waals surface area contributed by atoms with Gasteiger partial charge in [-0.3, -0.25) is 0 Å². The quantitative estimate of drug-likeness (QED) is 0.0821. The van der Waals surface area contributed by atoms with E-state index in [-0.39, 0.29) is 36.8 Å². The summed E-state index contributed by atoms with van der Waals surface area (Å²) in [5, 5.41) is 7.24. The van der Waals surface area contributed by atoms with Crippen LogP contribution in [0.25, 0.3) is 88.3 Å². The molecule has 0 aliphatic rings. The summed E-state index contributed by atoms with van der Waals surface area (Å²) < 4.78 is 97.8. The first-order chi connectivity index (χ1) is 36.3. The predicted octanol–water partition coefficient (Wildman–Crippen LogP) is 16.9. The Bertz CT molecular complexity index is 3790. The number of nitrogens with zero attached hydrogens (tertiary/aromatic N) is 2. The molecule has 0 atom stereocenters. The van der Waals surface area contributed by atoms with E-state index in [1.165, 1.54) is 12.3 Å². The maximum Gasteiger partial charge on any atom is 0.129 e. The number of hydrogen-bond donors (Lipinski definition) is 0. The van der Waals surface area contributed by atoms with Crippen LogP contribution in [0.1, 0.15) is 78.9 Å². The number of furan rings is 1. The van der Waals surface area contributed by atoms with Crippen LogP contribution in [0.2, 0.25) is 18.1 Å². The van der Waals surface area contributed by atoms with E-state index in [4.69, 9.17) is 19.5 Å². The van der Waals surface area contributed by atoms with Crippen molar-refractivity contribution in [3.05, 3.63) is 186 Å². The molecule has 10 aromatic rings. The molecule has 0 aliphatic heterocycles. The first-order valence-corrected chi connectivity index (χ1v) is 25.4. The van der Waals surface area contributed by atoms with Gasteiger partial charge in [-0.05, 0) is 86.4 Å². The van der Waals surface area contributed by atoms with Crippen LogP contribution in [0.5, 0.6) is 0 Å². The van der Waals surface area contributed by atoms with Crippen molar-refractivity contribution in [1.82, 2.24) is 9.97 Å². The minimum absolute atomic E-state index is 0. The van der Waals surface area contributed by atoms with Crippen molar-refractivity contribution < 1.29 is 39.6 Å². The molecule has 0 unspecified atom stereocenters. The number of aromatic nitrogens is 2. The van der Waals surface area contributed by atoms with Gasteiger partial charge in [0.15, 0.2) is 0 Å². The fraction of sp³-hybridized carbons (Fsp3) is 0.226. The second-order valence-corrected chi connectivity index (χ2v) is 23.3. The fourth-order valence-corrected chi connectivity index (χ4v) is 12.9. The van der Waals surface area contributed by atoms with E-state index in [0.29, 0.717) is 50.4 Å². The van der Waals surface area contributed by atoms with Crippen LogP contribution in [0, 0.1) is 38.1 Å². The van der Waals surface area contributed by atoms with Crippen molar-refractivity contribution in [2.24, 2.45) is 5.41 Å². The molecule has 0 saturated carbocycles. The summed E-state index contributed by atoms with van der Waals surface area (Å²) in [5.74, 6) is 0. The molecule has 0 fully saturated rings. The van der Waals surface area contributed by atoms with Gasteiger partial charge in [0.2, 0.25) is 0 Å². The first kappa shape index (κ1) is 35.2. The molecule has 0 amide bonds. The molecule has 1 radical (unpaired) electrons. The Kier molecular flexibility index (Phi) is 10.4. The zero-order chi connectivity index (χ0) is 55.5. The average molecular weight is 1080 g/mol. The zero-order valence-electron chi connectivity index (χ0n) is 49.7. The van der Waals surface area contributed by atoms with E-state index in [1.54, 1.807) is 30.5 Å². The third-order valence-electron chi connectivity index (χ3n) is 13.0. The molecule has 7 aromatic carbocycles. The zero-order valence-corrected chi connectivity index (χ0v) is 42.1. The van der Waals surface area contributed by atoms with Crippen molar-refractivity contribution in [2.75, 3.05) is 0 Å². The topological polar surface area (TPSA) is 38.9 Å². The summed E-state index contributed by atoms with van der Waals surface area (Å²) in [4.78, 5) is 9.08. The molecule has 67 heavy (non-hydrogen) atoms. The number of aryl methyl sites for hydroxylation is 3. The van der Waals surface area contributed by atoms with E-state index in [0.717, 1.165) is 66.8 Å². The standard InChI is InChI=1S/C39H36NOSi.C23H24N.Ir/c1-6-42(7-2,8-3)29-19-21-30(25(4)22-29)35-23-36(40-24-26(35)5)34-15-11-14-32-33-20-18-28-17-16-27-12-9-10-13-31(27)37(28)39(33)41-38(32)34;1-17-10-12-20(14-21(17)19-8-6-5-7-9-19)22-13-11-18(16-24-22)15-23(2,3)4;/h9-14,16-24H,6-8H2,1-5H3;5-11,13-14,16H,15H2,1-4H3;/q2*-1;/i4D3,5D3;1D3,15D2;. The maximum atomic E-state index is 8.54. The predicted molar refractivity (Wildman–Crippen MR) is 284 cm³/mol. The van der Waals surface area contributed by atoms with Gasteiger partial charge in [-0.1, -0.05) is 203 Å². The molecule has 3 aromatic heterocycles. The Labute approximate surface area is 427 Å². The number of rotatable bonds is 9. The Balaban J connectivity index is 0.000000230. The van der Waals surface area contributed by atoms with Gasteiger partial charge in [0, 0.05) is 58.3 Å². The van der Waals surface area contributed by atoms with Gasteiger partial charge in [-0.15, -0.1) is 47.5 Å². The van der Waals surface area contributed by atoms with Crippen LogP contribution >= 0.6 is 0 Å². The molecule has 0 spiro atoms. The Morgan fingerprint density at radius 2 is 1.33 bits per heavy atom. The molecule has 3 nitrogen and oxygen atoms in total. The number of pyridine rings is 2. The van der Waals surface area contributed by atoms with Gasteiger partial charge >= 0.3 is 0 Å². The fourth-order valence-electron chi connectivity index (χ4n) is 9.32. The summed E-state index contributed by atoms with van der Waals surface area (Å²) in [6.07, 6.45) is 1.38. The summed E-state index contributed by atoms with van der Waals surface area (Å²) in [7, 11) is -1.92. The normalized spacial score (nSPS) is 15.0. The summed E-state index contributed by atoms with van der Waals surface area (Å²) in [6, 6.07) is 53.3. The van der Waals surface area contributed by atoms with Gasteiger partial charge < -0.3 is 14.4 Å². The molecule has 5 heteroatoms. The maximum absolute atomic E-state index is 8.54. The Morgan fingerprint density at radius 1 is 0.612 bits per heavy atom. The summed E-state index contributed by atoms with van der Waals surface area (Å²) >= 11 is 0. The smallest absolute Gasteiger partial charge is 0.129 e. The van der Waals surface area contributed by atoms with Crippen LogP contribution < -0.4 is 5.19 Å². The van der Waals surface area contributed by atoms with Crippen molar-refractivity contribution in [1.29, 1.82) is 0 Å². The third-order valence-corrected chi connectivity index (χ3v) is 18.6. The van der Waals surface area contributed by atoms with Crippen molar-refractivity contribution in [3.8, 4) is 44.8 Å². The molecular weight excluding hydrogens is 1010 g/mol. The summed E-state index contributed by atoms with van der Waals surface area (Å²) in [5.41, 5.74) is 6.17. The number of benzene rings is 7. The van der Waals surface area contributed by atoms with E-state index in [2.05, 4.69) is 79.3 Å². The monoisotopic (exact) mass is 1080 g/mol. The Hall–Kier alpha value is -5.97. The minimum atomic E-state index is -2.52. The molecule has 0 N–H and O–H groups in total. The number of hydrogen-bond acceptors (Lipinski definition) is 3. The van der Waals surface area contributed by atoms with Crippen molar-refractivity contribution >= 4 is 56.7 Å². The molecule has 10 rings (SSSR count). The summed E-state index contributed by atoms with van der Waals surface area (Å²) in [6.45, 7) is 4.90. The van der Waals surface area contributed by atoms with Crippen LogP contribution in [-0.2, 0) is 26.5 Å². The van der Waals surface area contributed by atoms with Gasteiger partial charge in [0.1, 0.15) is 5.58 Å². The van der Waals surface area contributed by atoms with Gasteiger partial charge in [0.25, 0.3) is 0 Å². The van der Waals surface area contributed by atoms with Gasteiger partial charge in [-0.25, -0.2) is 0 Å². The van der Waals surface area contributed by atoms with E-state index in [9.17, 15) is 0 Å². The van der Waals surface area contributed by atoms with Crippen LogP contribution in [-0.4, -0.2) is 18.0 Å². The van der Waals surface area contributed by atoms with E-state index >= 15 is 0 Å². The second kappa shape index (κ2) is 19.7. The van der Waals surface area contributed by atoms with Crippen LogP contribution in [0.15, 0.2) is 156 Å². The van der Waals surface area contributed by atoms with E-state index < -0.39 is 40.4 Å². The average Bonchev–Trinajstić information content (AvgIpc) is 4.05. The van der Waals surface area contributed by atoms with Gasteiger partial charge in [-0.2, -0.15) is 0 Å². The minimum Gasteiger partial charge on any atom is -0.500 e. The SMILES string of the molecule is [2H]C([2H])([2H])c1c[c-]c(-c2ccc(C([2H])([2H])C(C)(C)C)cn2)cc1-c1ccccc1.[2H]C([2H])([2H])c1cnc(-c2[c-]ccc3c2oc2c3ccc3ccc4ccccc4c32)cc1-c1ccc([Si](CC)(CC)CC)cc1C([2H])([2H])[2H].[Ir]. The van der Waals surface area contributed by atoms with E-state index in [1.807, 2.05) is 93.6 Å².